The van der Waals surface area contributed by atoms with Gasteiger partial charge >= 0.3 is 0 Å². The number of rotatable bonds is 2. The second-order valence-corrected chi connectivity index (χ2v) is 8.80. The Hall–Kier alpha value is -4.94. The molecule has 0 saturated heterocycles. The number of benzene rings is 5. The predicted molar refractivity (Wildman–Crippen MR) is 143 cm³/mol. The van der Waals surface area contributed by atoms with Crippen molar-refractivity contribution in [2.45, 2.75) is 0 Å². The van der Waals surface area contributed by atoms with E-state index in [-0.39, 0.29) is 0 Å². The Kier molecular flexibility index (Phi) is 4.21. The molecule has 3 nitrogen and oxygen atoms in total. The van der Waals surface area contributed by atoms with Gasteiger partial charge in [0.2, 0.25) is 0 Å². The van der Waals surface area contributed by atoms with E-state index in [1.54, 1.807) is 0 Å². The fraction of sp³-hybridized carbons (Fsp3) is 0. The lowest BCUT2D eigenvalue weighted by Crippen LogP contribution is -1.92. The largest absolute Gasteiger partial charge is 0.292 e. The number of aromatic nitrogens is 2. The number of imidazole rings is 1. The summed E-state index contributed by atoms with van der Waals surface area (Å²) in [5.74, 6) is 0. The smallest absolute Gasteiger partial charge is 0.146 e. The van der Waals surface area contributed by atoms with Gasteiger partial charge in [-0.3, -0.25) is 4.40 Å². The van der Waals surface area contributed by atoms with Gasteiger partial charge in [-0.25, -0.2) is 4.98 Å². The van der Waals surface area contributed by atoms with Crippen LogP contribution in [-0.4, -0.2) is 9.38 Å². The van der Waals surface area contributed by atoms with Gasteiger partial charge in [0.05, 0.1) is 28.2 Å². The zero-order valence-corrected chi connectivity index (χ0v) is 18.8. The van der Waals surface area contributed by atoms with Gasteiger partial charge < -0.3 is 0 Å². The molecule has 0 bridgehead atoms. The first-order chi connectivity index (χ1) is 17.3. The Bertz CT molecular complexity index is 1940. The SMILES string of the molecule is N#Cc1ccc(-c2ccc(-c3ccc4c(c3)c3ccccc3c3nc5ccccc5n43)cc2)cc1. The molecule has 2 aromatic heterocycles. The van der Waals surface area contributed by atoms with Crippen molar-refractivity contribution < 1.29 is 0 Å². The van der Waals surface area contributed by atoms with Crippen LogP contribution in [0.15, 0.2) is 115 Å². The first-order valence-corrected chi connectivity index (χ1v) is 11.6. The molecule has 162 valence electrons. The van der Waals surface area contributed by atoms with E-state index in [0.717, 1.165) is 38.7 Å². The van der Waals surface area contributed by atoms with Gasteiger partial charge in [0.25, 0.3) is 0 Å². The summed E-state index contributed by atoms with van der Waals surface area (Å²) in [5, 5.41) is 12.6. The number of hydrogen-bond donors (Lipinski definition) is 0. The normalized spacial score (nSPS) is 11.4. The Labute approximate surface area is 202 Å². The van der Waals surface area contributed by atoms with Crippen LogP contribution in [-0.2, 0) is 0 Å². The van der Waals surface area contributed by atoms with Gasteiger partial charge in [0, 0.05) is 10.8 Å². The highest BCUT2D eigenvalue weighted by Gasteiger charge is 2.14. The third-order valence-corrected chi connectivity index (χ3v) is 6.82. The molecule has 7 aromatic rings. The predicted octanol–water partition coefficient (Wildman–Crippen LogP) is 8.00. The molecule has 7 rings (SSSR count). The van der Waals surface area contributed by atoms with E-state index in [4.69, 9.17) is 10.2 Å². The summed E-state index contributed by atoms with van der Waals surface area (Å²) in [6.07, 6.45) is 0. The van der Waals surface area contributed by atoms with E-state index in [1.807, 2.05) is 30.3 Å². The van der Waals surface area contributed by atoms with E-state index < -0.39 is 0 Å². The van der Waals surface area contributed by atoms with Gasteiger partial charge in [-0.15, -0.1) is 0 Å². The van der Waals surface area contributed by atoms with E-state index in [2.05, 4.69) is 95.4 Å². The van der Waals surface area contributed by atoms with Crippen LogP contribution in [0.25, 0.3) is 60.6 Å². The molecule has 3 heteroatoms. The maximum atomic E-state index is 9.05. The lowest BCUT2D eigenvalue weighted by atomic mass is 9.97. The van der Waals surface area contributed by atoms with Crippen molar-refractivity contribution >= 4 is 38.4 Å². The molecule has 0 fully saturated rings. The summed E-state index contributed by atoms with van der Waals surface area (Å²) in [5.41, 5.74) is 9.55. The molecule has 0 spiro atoms. The summed E-state index contributed by atoms with van der Waals surface area (Å²) >= 11 is 0. The molecule has 0 N–H and O–H groups in total. The number of pyridine rings is 1. The third kappa shape index (κ3) is 3.01. The second kappa shape index (κ2) is 7.55. The molecule has 5 aromatic carbocycles. The summed E-state index contributed by atoms with van der Waals surface area (Å²) in [7, 11) is 0. The molecule has 0 radical (unpaired) electrons. The highest BCUT2D eigenvalue weighted by atomic mass is 15.0. The van der Waals surface area contributed by atoms with Gasteiger partial charge in [-0.2, -0.15) is 5.26 Å². The van der Waals surface area contributed by atoms with Crippen molar-refractivity contribution in [3.8, 4) is 28.3 Å². The van der Waals surface area contributed by atoms with Crippen LogP contribution in [0, 0.1) is 11.3 Å². The van der Waals surface area contributed by atoms with Gasteiger partial charge in [-0.05, 0) is 64.0 Å². The minimum absolute atomic E-state index is 0.675. The molecule has 0 saturated carbocycles. The highest BCUT2D eigenvalue weighted by molar-refractivity contribution is 6.14. The number of para-hydroxylation sites is 2. The maximum absolute atomic E-state index is 9.05. The van der Waals surface area contributed by atoms with Crippen molar-refractivity contribution in [2.75, 3.05) is 0 Å². The summed E-state index contributed by atoms with van der Waals surface area (Å²) in [6, 6.07) is 42.1. The molecule has 0 amide bonds. The van der Waals surface area contributed by atoms with Crippen LogP contribution in [0.3, 0.4) is 0 Å². The average Bonchev–Trinajstić information content (AvgIpc) is 3.33. The Morgan fingerprint density at radius 2 is 1.14 bits per heavy atom. The zero-order chi connectivity index (χ0) is 23.4. The van der Waals surface area contributed by atoms with E-state index >= 15 is 0 Å². The maximum Gasteiger partial charge on any atom is 0.146 e. The fourth-order valence-corrected chi connectivity index (χ4v) is 5.08. The molecule has 0 aliphatic carbocycles. The van der Waals surface area contributed by atoms with E-state index in [0.29, 0.717) is 5.56 Å². The quantitative estimate of drug-likeness (QED) is 0.253. The molecule has 0 atom stereocenters. The minimum Gasteiger partial charge on any atom is -0.292 e. The van der Waals surface area contributed by atoms with Gasteiger partial charge in [-0.1, -0.05) is 78.9 Å². The molecule has 2 heterocycles. The Morgan fingerprint density at radius 1 is 0.543 bits per heavy atom. The Balaban J connectivity index is 1.42. The molecule has 0 aliphatic heterocycles. The van der Waals surface area contributed by atoms with Crippen molar-refractivity contribution in [2.24, 2.45) is 0 Å². The zero-order valence-electron chi connectivity index (χ0n) is 18.8. The topological polar surface area (TPSA) is 41.1 Å². The standard InChI is InChI=1S/C32H19N3/c33-20-21-9-11-22(12-10-21)23-13-15-24(16-14-23)25-17-18-30-28(19-25)26-5-1-2-6-27(26)32-34-29-7-3-4-8-31(29)35(30)32/h1-19H. The molecular weight excluding hydrogens is 426 g/mol. The summed E-state index contributed by atoms with van der Waals surface area (Å²) < 4.78 is 2.28. The first-order valence-electron chi connectivity index (χ1n) is 11.6. The van der Waals surface area contributed by atoms with Gasteiger partial charge in [0.1, 0.15) is 5.65 Å². The lowest BCUT2D eigenvalue weighted by molar-refractivity contribution is 1.31. The lowest BCUT2D eigenvalue weighted by Gasteiger charge is -2.11. The van der Waals surface area contributed by atoms with Crippen LogP contribution >= 0.6 is 0 Å². The molecular formula is C32H19N3. The van der Waals surface area contributed by atoms with Crippen LogP contribution in [0.1, 0.15) is 5.56 Å². The average molecular weight is 446 g/mol. The molecule has 35 heavy (non-hydrogen) atoms. The number of nitrogens with zero attached hydrogens (tertiary/aromatic N) is 3. The van der Waals surface area contributed by atoms with Crippen molar-refractivity contribution in [1.29, 1.82) is 5.26 Å². The number of fused-ring (bicyclic) bond motifs is 8. The van der Waals surface area contributed by atoms with Crippen LogP contribution in [0.5, 0.6) is 0 Å². The number of nitriles is 1. The van der Waals surface area contributed by atoms with E-state index in [1.165, 1.54) is 21.9 Å². The van der Waals surface area contributed by atoms with Crippen LogP contribution in [0.4, 0.5) is 0 Å². The monoisotopic (exact) mass is 445 g/mol. The minimum atomic E-state index is 0.675. The highest BCUT2D eigenvalue weighted by Crippen LogP contribution is 2.35. The summed E-state index contributed by atoms with van der Waals surface area (Å²) in [6.45, 7) is 0. The number of hydrogen-bond acceptors (Lipinski definition) is 2. The third-order valence-electron chi connectivity index (χ3n) is 6.82. The van der Waals surface area contributed by atoms with Crippen LogP contribution in [0.2, 0.25) is 0 Å². The van der Waals surface area contributed by atoms with Crippen LogP contribution < -0.4 is 0 Å². The fourth-order valence-electron chi connectivity index (χ4n) is 5.08. The van der Waals surface area contributed by atoms with E-state index in [9.17, 15) is 0 Å². The second-order valence-electron chi connectivity index (χ2n) is 8.80. The summed E-state index contributed by atoms with van der Waals surface area (Å²) in [4.78, 5) is 4.97. The van der Waals surface area contributed by atoms with Crippen molar-refractivity contribution in [3.05, 3.63) is 121 Å². The van der Waals surface area contributed by atoms with Crippen molar-refractivity contribution in [1.82, 2.24) is 9.38 Å². The van der Waals surface area contributed by atoms with Gasteiger partial charge in [0.15, 0.2) is 0 Å². The Morgan fingerprint density at radius 3 is 1.89 bits per heavy atom. The molecule has 0 unspecified atom stereocenters. The van der Waals surface area contributed by atoms with Crippen molar-refractivity contribution in [3.63, 3.8) is 0 Å². The first kappa shape index (κ1) is 19.5. The molecule has 0 aliphatic rings.